The third-order valence-corrected chi connectivity index (χ3v) is 2.81. The van der Waals surface area contributed by atoms with Crippen molar-refractivity contribution in [2.75, 3.05) is 5.32 Å². The number of benzene rings is 1. The molecule has 1 amide bonds. The van der Waals surface area contributed by atoms with Crippen LogP contribution in [0, 0.1) is 23.4 Å². The molecule has 0 fully saturated rings. The van der Waals surface area contributed by atoms with Gasteiger partial charge in [0.1, 0.15) is 11.5 Å². The van der Waals surface area contributed by atoms with Gasteiger partial charge in [-0.3, -0.25) is 4.79 Å². The lowest BCUT2D eigenvalue weighted by atomic mass is 9.99. The molecule has 0 aliphatic carbocycles. The van der Waals surface area contributed by atoms with Crippen LogP contribution in [-0.4, -0.2) is 11.9 Å². The van der Waals surface area contributed by atoms with E-state index in [-0.39, 0.29) is 5.92 Å². The summed E-state index contributed by atoms with van der Waals surface area (Å²) in [5, 5.41) is 2.04. The first-order chi connectivity index (χ1) is 8.36. The molecule has 1 unspecified atom stereocenters. The Morgan fingerprint density at radius 3 is 2.28 bits per heavy atom. The number of rotatable bonds is 4. The van der Waals surface area contributed by atoms with Crippen molar-refractivity contribution in [3.8, 4) is 0 Å². The molecule has 0 heterocycles. The van der Waals surface area contributed by atoms with Crippen LogP contribution in [0.15, 0.2) is 12.1 Å². The van der Waals surface area contributed by atoms with E-state index in [1.54, 1.807) is 6.92 Å². The number of nitrogens with one attached hydrogen (secondary N) is 1. The summed E-state index contributed by atoms with van der Waals surface area (Å²) in [6.45, 7) is 3.60. The van der Waals surface area contributed by atoms with Crippen LogP contribution in [0.1, 0.15) is 20.3 Å². The van der Waals surface area contributed by atoms with Crippen molar-refractivity contribution < 1.29 is 18.0 Å². The Hall–Kier alpha value is -1.56. The van der Waals surface area contributed by atoms with Crippen molar-refractivity contribution in [1.29, 1.82) is 0 Å². The Bertz CT molecular complexity index is 428. The molecule has 0 spiro atoms. The van der Waals surface area contributed by atoms with Gasteiger partial charge in [0.25, 0.3) is 0 Å². The molecule has 1 rings (SSSR count). The minimum atomic E-state index is -1.17. The fraction of sp³-hybridized carbons (Fsp3) is 0.417. The zero-order chi connectivity index (χ0) is 13.9. The minimum absolute atomic E-state index is 0.128. The van der Waals surface area contributed by atoms with Gasteiger partial charge in [0, 0.05) is 12.1 Å². The molecule has 3 N–H and O–H groups in total. The normalized spacial score (nSPS) is 14.1. The highest BCUT2D eigenvalue weighted by Crippen LogP contribution is 2.20. The second kappa shape index (κ2) is 5.86. The zero-order valence-corrected chi connectivity index (χ0v) is 10.1. The highest BCUT2D eigenvalue weighted by atomic mass is 19.1. The number of carbonyl (C=O) groups is 1. The number of carbonyl (C=O) groups excluding carboxylic acids is 1. The minimum Gasteiger partial charge on any atom is -0.320 e. The molecule has 1 aromatic rings. The molecule has 2 atom stereocenters. The summed E-state index contributed by atoms with van der Waals surface area (Å²) >= 11 is 0. The van der Waals surface area contributed by atoms with Crippen LogP contribution in [-0.2, 0) is 4.79 Å². The molecule has 0 radical (unpaired) electrons. The zero-order valence-electron chi connectivity index (χ0n) is 10.1. The summed E-state index contributed by atoms with van der Waals surface area (Å²) in [6.07, 6.45) is 0.656. The van der Waals surface area contributed by atoms with E-state index in [2.05, 4.69) is 0 Å². The molecule has 0 saturated heterocycles. The summed E-state index contributed by atoms with van der Waals surface area (Å²) in [5.74, 6) is -4.21. The molecule has 100 valence electrons. The van der Waals surface area contributed by atoms with Crippen LogP contribution in [0.5, 0.6) is 0 Å². The number of nitrogens with two attached hydrogens (primary N) is 1. The Labute approximate surface area is 103 Å². The van der Waals surface area contributed by atoms with E-state index in [4.69, 9.17) is 5.73 Å². The van der Waals surface area contributed by atoms with Gasteiger partial charge < -0.3 is 11.1 Å². The molecule has 18 heavy (non-hydrogen) atoms. The Morgan fingerprint density at radius 2 is 1.83 bits per heavy atom. The van der Waals surface area contributed by atoms with Gasteiger partial charge in [-0.25, -0.2) is 13.2 Å². The lowest BCUT2D eigenvalue weighted by Crippen LogP contribution is -2.41. The Morgan fingerprint density at radius 1 is 1.33 bits per heavy atom. The topological polar surface area (TPSA) is 55.1 Å². The number of hydrogen-bond donors (Lipinski definition) is 2. The second-order valence-electron chi connectivity index (χ2n) is 4.15. The van der Waals surface area contributed by atoms with E-state index in [0.29, 0.717) is 18.6 Å². The Balaban J connectivity index is 2.89. The van der Waals surface area contributed by atoms with Crippen molar-refractivity contribution >= 4 is 11.6 Å². The van der Waals surface area contributed by atoms with Crippen LogP contribution in [0.25, 0.3) is 0 Å². The van der Waals surface area contributed by atoms with E-state index in [1.165, 1.54) is 0 Å². The fourth-order valence-corrected chi connectivity index (χ4v) is 1.38. The van der Waals surface area contributed by atoms with Crippen LogP contribution in [0.4, 0.5) is 18.9 Å². The average molecular weight is 260 g/mol. The maximum Gasteiger partial charge on any atom is 0.241 e. The standard InChI is InChI=1S/C12H15F3N2O/c1-3-6(2)10(16)12(18)17-11-8(14)4-7(13)5-9(11)15/h4-6,10H,3,16H2,1-2H3,(H,17,18)/t6?,10-/m0/s1. The van der Waals surface area contributed by atoms with E-state index in [9.17, 15) is 18.0 Å². The molecule has 3 nitrogen and oxygen atoms in total. The number of hydrogen-bond acceptors (Lipinski definition) is 2. The second-order valence-corrected chi connectivity index (χ2v) is 4.15. The predicted octanol–water partition coefficient (Wildman–Crippen LogP) is 2.42. The first-order valence-corrected chi connectivity index (χ1v) is 5.57. The van der Waals surface area contributed by atoms with Crippen molar-refractivity contribution in [1.82, 2.24) is 0 Å². The predicted molar refractivity (Wildman–Crippen MR) is 62.4 cm³/mol. The summed E-state index contributed by atoms with van der Waals surface area (Å²) in [7, 11) is 0. The van der Waals surface area contributed by atoms with Crippen molar-refractivity contribution in [3.05, 3.63) is 29.6 Å². The maximum atomic E-state index is 13.3. The van der Waals surface area contributed by atoms with E-state index < -0.39 is 35.1 Å². The first kappa shape index (κ1) is 14.5. The number of anilines is 1. The van der Waals surface area contributed by atoms with Crippen molar-refractivity contribution in [3.63, 3.8) is 0 Å². The molecule has 0 aliphatic rings. The van der Waals surface area contributed by atoms with E-state index in [0.717, 1.165) is 0 Å². The van der Waals surface area contributed by atoms with Gasteiger partial charge in [-0.2, -0.15) is 0 Å². The molecule has 0 aliphatic heterocycles. The van der Waals surface area contributed by atoms with Crippen molar-refractivity contribution in [2.45, 2.75) is 26.3 Å². The third kappa shape index (κ3) is 3.22. The molecule has 0 bridgehead atoms. The fourth-order valence-electron chi connectivity index (χ4n) is 1.38. The van der Waals surface area contributed by atoms with Crippen LogP contribution in [0.3, 0.4) is 0 Å². The van der Waals surface area contributed by atoms with E-state index >= 15 is 0 Å². The van der Waals surface area contributed by atoms with Crippen LogP contribution >= 0.6 is 0 Å². The maximum absolute atomic E-state index is 13.3. The SMILES string of the molecule is CCC(C)[C@H](N)C(=O)Nc1c(F)cc(F)cc1F. The van der Waals surface area contributed by atoms with Gasteiger partial charge in [-0.05, 0) is 5.92 Å². The number of amides is 1. The van der Waals surface area contributed by atoms with E-state index in [1.807, 2.05) is 12.2 Å². The lowest BCUT2D eigenvalue weighted by Gasteiger charge is -2.18. The van der Waals surface area contributed by atoms with Crippen LogP contribution < -0.4 is 11.1 Å². The van der Waals surface area contributed by atoms with Gasteiger partial charge in [0.05, 0.1) is 6.04 Å². The summed E-state index contributed by atoms with van der Waals surface area (Å²) in [4.78, 5) is 11.6. The van der Waals surface area contributed by atoms with Gasteiger partial charge in [-0.15, -0.1) is 0 Å². The first-order valence-electron chi connectivity index (χ1n) is 5.57. The molecule has 0 aromatic heterocycles. The molecule has 0 saturated carbocycles. The highest BCUT2D eigenvalue weighted by molar-refractivity contribution is 5.95. The van der Waals surface area contributed by atoms with Gasteiger partial charge in [0.2, 0.25) is 5.91 Å². The smallest absolute Gasteiger partial charge is 0.241 e. The molecule has 6 heteroatoms. The van der Waals surface area contributed by atoms with Gasteiger partial charge in [0.15, 0.2) is 11.6 Å². The van der Waals surface area contributed by atoms with Crippen LogP contribution in [0.2, 0.25) is 0 Å². The average Bonchev–Trinajstić information content (AvgIpc) is 2.31. The van der Waals surface area contributed by atoms with Crippen molar-refractivity contribution in [2.24, 2.45) is 11.7 Å². The monoisotopic (exact) mass is 260 g/mol. The summed E-state index contributed by atoms with van der Waals surface area (Å²) in [6, 6.07) is 0.111. The summed E-state index contributed by atoms with van der Waals surface area (Å²) in [5.41, 5.74) is 4.94. The Kier molecular flexibility index (Phi) is 4.72. The van der Waals surface area contributed by atoms with Gasteiger partial charge >= 0.3 is 0 Å². The summed E-state index contributed by atoms with van der Waals surface area (Å²) < 4.78 is 39.2. The molecule has 1 aromatic carbocycles. The molecular weight excluding hydrogens is 245 g/mol. The van der Waals surface area contributed by atoms with Gasteiger partial charge in [-0.1, -0.05) is 20.3 Å². The highest BCUT2D eigenvalue weighted by Gasteiger charge is 2.22. The number of halogens is 3. The lowest BCUT2D eigenvalue weighted by molar-refractivity contribution is -0.118. The molecular formula is C12H15F3N2O. The largest absolute Gasteiger partial charge is 0.320 e. The third-order valence-electron chi connectivity index (χ3n) is 2.81. The quantitative estimate of drug-likeness (QED) is 0.873.